The second-order valence-electron chi connectivity index (χ2n) is 9.75. The number of carbonyl (C=O) groups is 2. The van der Waals surface area contributed by atoms with E-state index in [-0.39, 0.29) is 30.6 Å². The van der Waals surface area contributed by atoms with Crippen LogP contribution in [0.15, 0.2) is 79.3 Å². The molecule has 5 rings (SSSR count). The second-order valence-corrected chi connectivity index (χ2v) is 10.8. The zero-order valence-electron chi connectivity index (χ0n) is 23.3. The van der Waals surface area contributed by atoms with E-state index < -0.39 is 5.82 Å². The van der Waals surface area contributed by atoms with Crippen LogP contribution in [0.5, 0.6) is 0 Å². The molecule has 0 fully saturated rings. The number of imidazole rings is 1. The number of aryl methyl sites for hydroxylation is 1. The van der Waals surface area contributed by atoms with Gasteiger partial charge in [0.15, 0.2) is 0 Å². The standard InChI is InChI=1S/C33H29FN4O3S/c1-3-7-27-30-28(10-6-11-29(30)42-31(27)33(40)41-4-2)38(32(39)24-8-5-9-25(34)16-24)20-26-18-36-21-37(26)19-23-14-12-22(17-35)13-15-23/h5-6,8-16,18,21H,3-4,7,19-20H2,1-2H3. The highest BCUT2D eigenvalue weighted by molar-refractivity contribution is 7.21. The minimum absolute atomic E-state index is 0.154. The van der Waals surface area contributed by atoms with Crippen LogP contribution >= 0.6 is 11.3 Å². The average Bonchev–Trinajstić information content (AvgIpc) is 3.60. The van der Waals surface area contributed by atoms with Gasteiger partial charge in [-0.3, -0.25) is 4.79 Å². The van der Waals surface area contributed by atoms with Crippen molar-refractivity contribution in [1.82, 2.24) is 9.55 Å². The summed E-state index contributed by atoms with van der Waals surface area (Å²) < 4.78 is 22.4. The van der Waals surface area contributed by atoms with Crippen LogP contribution in [-0.2, 0) is 24.2 Å². The third-order valence-electron chi connectivity index (χ3n) is 6.92. The van der Waals surface area contributed by atoms with Crippen LogP contribution < -0.4 is 4.90 Å². The Morgan fingerprint density at radius 3 is 2.60 bits per heavy atom. The van der Waals surface area contributed by atoms with Gasteiger partial charge in [0.25, 0.3) is 5.91 Å². The number of halogens is 1. The molecule has 2 aromatic heterocycles. The first kappa shape index (κ1) is 28.7. The zero-order valence-corrected chi connectivity index (χ0v) is 24.2. The van der Waals surface area contributed by atoms with Gasteiger partial charge in [-0.2, -0.15) is 5.26 Å². The predicted octanol–water partition coefficient (Wildman–Crippen LogP) is 7.13. The Bertz CT molecular complexity index is 1790. The van der Waals surface area contributed by atoms with Crippen molar-refractivity contribution in [2.45, 2.75) is 39.8 Å². The molecule has 0 bridgehead atoms. The summed E-state index contributed by atoms with van der Waals surface area (Å²) >= 11 is 1.36. The first-order valence-corrected chi connectivity index (χ1v) is 14.5. The zero-order chi connectivity index (χ0) is 29.6. The maximum atomic E-state index is 14.3. The van der Waals surface area contributed by atoms with Gasteiger partial charge in [0, 0.05) is 28.4 Å². The maximum absolute atomic E-state index is 14.3. The second kappa shape index (κ2) is 12.8. The number of thiophene rings is 1. The largest absolute Gasteiger partial charge is 0.462 e. The number of rotatable bonds is 10. The quantitative estimate of drug-likeness (QED) is 0.164. The summed E-state index contributed by atoms with van der Waals surface area (Å²) in [4.78, 5) is 33.6. The Labute approximate surface area is 247 Å². The van der Waals surface area contributed by atoms with Gasteiger partial charge in [0.2, 0.25) is 0 Å². The molecule has 7 nitrogen and oxygen atoms in total. The molecule has 42 heavy (non-hydrogen) atoms. The van der Waals surface area contributed by atoms with E-state index in [9.17, 15) is 14.0 Å². The molecule has 9 heteroatoms. The molecule has 212 valence electrons. The minimum Gasteiger partial charge on any atom is -0.462 e. The van der Waals surface area contributed by atoms with E-state index in [0.29, 0.717) is 29.1 Å². The van der Waals surface area contributed by atoms with Crippen molar-refractivity contribution in [2.24, 2.45) is 0 Å². The number of aromatic nitrogens is 2. The summed E-state index contributed by atoms with van der Waals surface area (Å²) in [6.07, 6.45) is 4.83. The molecule has 0 atom stereocenters. The summed E-state index contributed by atoms with van der Waals surface area (Å²) in [5.74, 6) is -1.26. The Hall–Kier alpha value is -4.81. The number of benzene rings is 3. The first-order valence-electron chi connectivity index (χ1n) is 13.7. The molecule has 0 saturated heterocycles. The summed E-state index contributed by atoms with van der Waals surface area (Å²) in [6, 6.07) is 20.7. The fraction of sp³-hybridized carbons (Fsp3) is 0.212. The van der Waals surface area contributed by atoms with Gasteiger partial charge in [-0.1, -0.05) is 37.6 Å². The highest BCUT2D eigenvalue weighted by atomic mass is 32.1. The van der Waals surface area contributed by atoms with Gasteiger partial charge in [0.05, 0.1) is 42.5 Å². The lowest BCUT2D eigenvalue weighted by atomic mass is 10.0. The van der Waals surface area contributed by atoms with Gasteiger partial charge in [0.1, 0.15) is 10.7 Å². The van der Waals surface area contributed by atoms with Crippen molar-refractivity contribution in [3.8, 4) is 6.07 Å². The van der Waals surface area contributed by atoms with E-state index in [1.807, 2.05) is 41.8 Å². The average molecular weight is 581 g/mol. The number of nitrogens with zero attached hydrogens (tertiary/aromatic N) is 4. The predicted molar refractivity (Wildman–Crippen MR) is 161 cm³/mol. The lowest BCUT2D eigenvalue weighted by molar-refractivity contribution is 0.0531. The van der Waals surface area contributed by atoms with E-state index in [0.717, 1.165) is 33.3 Å². The number of nitriles is 1. The summed E-state index contributed by atoms with van der Waals surface area (Å²) in [5, 5.41) is 9.95. The smallest absolute Gasteiger partial charge is 0.348 e. The van der Waals surface area contributed by atoms with E-state index >= 15 is 0 Å². The molecule has 0 N–H and O–H groups in total. The molecule has 5 aromatic rings. The number of hydrogen-bond donors (Lipinski definition) is 0. The van der Waals surface area contributed by atoms with Crippen molar-refractivity contribution in [3.05, 3.63) is 118 Å². The normalized spacial score (nSPS) is 10.9. The number of amides is 1. The molecule has 2 heterocycles. The highest BCUT2D eigenvalue weighted by Crippen LogP contribution is 2.40. The fourth-order valence-corrected chi connectivity index (χ4v) is 6.14. The number of esters is 1. The van der Waals surface area contributed by atoms with Crippen molar-refractivity contribution >= 4 is 39.0 Å². The fourth-order valence-electron chi connectivity index (χ4n) is 4.98. The molecule has 0 spiro atoms. The van der Waals surface area contributed by atoms with Crippen molar-refractivity contribution in [2.75, 3.05) is 11.5 Å². The molecule has 3 aromatic carbocycles. The number of carbonyl (C=O) groups excluding carboxylic acids is 2. The molecule has 0 unspecified atom stereocenters. The third-order valence-corrected chi connectivity index (χ3v) is 8.09. The number of ether oxygens (including phenoxy) is 1. The Balaban J connectivity index is 1.62. The van der Waals surface area contributed by atoms with E-state index in [1.165, 1.54) is 29.5 Å². The number of fused-ring (bicyclic) bond motifs is 1. The van der Waals surface area contributed by atoms with E-state index in [4.69, 9.17) is 10.00 Å². The first-order chi connectivity index (χ1) is 20.4. The van der Waals surface area contributed by atoms with Crippen molar-refractivity contribution in [1.29, 1.82) is 5.26 Å². The molecular formula is C33H29FN4O3S. The summed E-state index contributed by atoms with van der Waals surface area (Å²) in [5.41, 5.74) is 3.99. The molecular weight excluding hydrogens is 551 g/mol. The number of anilines is 1. The van der Waals surface area contributed by atoms with Crippen molar-refractivity contribution < 1.29 is 18.7 Å². The highest BCUT2D eigenvalue weighted by Gasteiger charge is 2.27. The summed E-state index contributed by atoms with van der Waals surface area (Å²) in [6.45, 7) is 4.72. The van der Waals surface area contributed by atoms with Crippen LogP contribution in [0.2, 0.25) is 0 Å². The van der Waals surface area contributed by atoms with Crippen LogP contribution in [-0.4, -0.2) is 28.0 Å². The lowest BCUT2D eigenvalue weighted by Gasteiger charge is -2.25. The maximum Gasteiger partial charge on any atom is 0.348 e. The SMILES string of the molecule is CCCc1c(C(=O)OCC)sc2cccc(N(Cc3cncn3Cc3ccc(C#N)cc3)C(=O)c3cccc(F)c3)c12. The monoisotopic (exact) mass is 580 g/mol. The molecule has 0 radical (unpaired) electrons. The van der Waals surface area contributed by atoms with Crippen LogP contribution in [0.1, 0.15) is 62.7 Å². The Morgan fingerprint density at radius 1 is 1.10 bits per heavy atom. The van der Waals surface area contributed by atoms with Gasteiger partial charge in [-0.25, -0.2) is 14.2 Å². The Morgan fingerprint density at radius 2 is 1.88 bits per heavy atom. The van der Waals surface area contributed by atoms with Crippen LogP contribution in [0, 0.1) is 17.1 Å². The third kappa shape index (κ3) is 5.94. The minimum atomic E-state index is -0.503. The Kier molecular flexibility index (Phi) is 8.74. The van der Waals surface area contributed by atoms with Gasteiger partial charge < -0.3 is 14.2 Å². The van der Waals surface area contributed by atoms with Crippen molar-refractivity contribution in [3.63, 3.8) is 0 Å². The van der Waals surface area contributed by atoms with E-state index in [1.54, 1.807) is 42.5 Å². The molecule has 0 aliphatic carbocycles. The number of hydrogen-bond acceptors (Lipinski definition) is 6. The van der Waals surface area contributed by atoms with Crippen LogP contribution in [0.3, 0.4) is 0 Å². The van der Waals surface area contributed by atoms with Crippen LogP contribution in [0.25, 0.3) is 10.1 Å². The molecule has 0 aliphatic rings. The molecule has 0 aliphatic heterocycles. The lowest BCUT2D eigenvalue weighted by Crippen LogP contribution is -2.31. The van der Waals surface area contributed by atoms with Gasteiger partial charge >= 0.3 is 5.97 Å². The summed E-state index contributed by atoms with van der Waals surface area (Å²) in [7, 11) is 0. The van der Waals surface area contributed by atoms with Gasteiger partial charge in [-0.15, -0.1) is 11.3 Å². The molecule has 0 saturated carbocycles. The van der Waals surface area contributed by atoms with E-state index in [2.05, 4.69) is 11.1 Å². The van der Waals surface area contributed by atoms with Crippen LogP contribution in [0.4, 0.5) is 10.1 Å². The topological polar surface area (TPSA) is 88.2 Å². The van der Waals surface area contributed by atoms with Gasteiger partial charge in [-0.05, 0) is 66.9 Å². The molecule has 1 amide bonds.